The van der Waals surface area contributed by atoms with E-state index in [0.717, 1.165) is 29.6 Å². The van der Waals surface area contributed by atoms with Crippen molar-refractivity contribution in [3.63, 3.8) is 0 Å². The van der Waals surface area contributed by atoms with Crippen molar-refractivity contribution < 1.29 is 9.53 Å². The molecule has 3 rings (SSSR count). The van der Waals surface area contributed by atoms with Gasteiger partial charge in [0.1, 0.15) is 11.9 Å². The second-order valence-electron chi connectivity index (χ2n) is 6.98. The molecule has 1 aliphatic heterocycles. The third-order valence-electron chi connectivity index (χ3n) is 4.05. The monoisotopic (exact) mass is 317 g/mol. The molecule has 0 spiro atoms. The number of piperidine rings is 1. The number of hydrogen-bond acceptors (Lipinski definition) is 5. The molecule has 2 aromatic rings. The van der Waals surface area contributed by atoms with Crippen LogP contribution in [0.5, 0.6) is 0 Å². The molecule has 1 aliphatic rings. The average Bonchev–Trinajstić information content (AvgIpc) is 2.91. The van der Waals surface area contributed by atoms with Crippen LogP contribution in [0.3, 0.4) is 0 Å². The predicted molar refractivity (Wildman–Crippen MR) is 86.1 cm³/mol. The fraction of sp³-hybridized carbons (Fsp3) is 0.625. The fourth-order valence-electron chi connectivity index (χ4n) is 2.87. The molecule has 0 N–H and O–H groups in total. The molecule has 0 unspecified atom stereocenters. The van der Waals surface area contributed by atoms with Crippen molar-refractivity contribution in [2.24, 2.45) is 0 Å². The van der Waals surface area contributed by atoms with Gasteiger partial charge in [-0.1, -0.05) is 0 Å². The number of amides is 1. The highest BCUT2D eigenvalue weighted by atomic mass is 16.6. The summed E-state index contributed by atoms with van der Waals surface area (Å²) in [6.07, 6.45) is 4.86. The van der Waals surface area contributed by atoms with E-state index in [1.807, 2.05) is 38.6 Å². The Hall–Kier alpha value is -2.18. The molecule has 0 saturated carbocycles. The second-order valence-corrected chi connectivity index (χ2v) is 6.98. The molecule has 7 heteroatoms. The number of nitrogens with zero attached hydrogens (tertiary/aromatic N) is 5. The summed E-state index contributed by atoms with van der Waals surface area (Å²) in [7, 11) is 0. The van der Waals surface area contributed by atoms with Gasteiger partial charge in [0.25, 0.3) is 0 Å². The molecular weight excluding hydrogens is 294 g/mol. The Kier molecular flexibility index (Phi) is 3.95. The lowest BCUT2D eigenvalue weighted by molar-refractivity contribution is 0.0186. The highest BCUT2D eigenvalue weighted by Crippen LogP contribution is 2.26. The largest absolute Gasteiger partial charge is 0.444 e. The molecule has 1 amide bonds. The maximum absolute atomic E-state index is 12.1. The van der Waals surface area contributed by atoms with E-state index in [9.17, 15) is 4.79 Å². The summed E-state index contributed by atoms with van der Waals surface area (Å²) in [4.78, 5) is 22.5. The summed E-state index contributed by atoms with van der Waals surface area (Å²) in [5, 5.41) is 5.48. The summed E-state index contributed by atoms with van der Waals surface area (Å²) in [5.74, 6) is 0. The van der Waals surface area contributed by atoms with Gasteiger partial charge in [-0.15, -0.1) is 0 Å². The normalized spacial score (nSPS) is 16.8. The number of aryl methyl sites for hydroxylation is 1. The lowest BCUT2D eigenvalue weighted by Crippen LogP contribution is -2.42. The van der Waals surface area contributed by atoms with Crippen molar-refractivity contribution in [2.75, 3.05) is 13.1 Å². The van der Waals surface area contributed by atoms with E-state index in [-0.39, 0.29) is 12.1 Å². The number of hydrogen-bond donors (Lipinski definition) is 0. The van der Waals surface area contributed by atoms with Crippen LogP contribution in [0.4, 0.5) is 4.79 Å². The molecule has 1 fully saturated rings. The van der Waals surface area contributed by atoms with Crippen LogP contribution in [0.15, 0.2) is 12.5 Å². The van der Waals surface area contributed by atoms with E-state index in [0.29, 0.717) is 13.1 Å². The smallest absolute Gasteiger partial charge is 0.410 e. The topological polar surface area (TPSA) is 73.1 Å². The molecular formula is C16H23N5O2. The third-order valence-corrected chi connectivity index (χ3v) is 4.05. The summed E-state index contributed by atoms with van der Waals surface area (Å²) >= 11 is 0. The number of carbonyl (C=O) groups is 1. The lowest BCUT2D eigenvalue weighted by atomic mass is 10.1. The molecule has 0 radical (unpaired) electrons. The quantitative estimate of drug-likeness (QED) is 0.808. The molecule has 3 heterocycles. The molecule has 7 nitrogen and oxygen atoms in total. The van der Waals surface area contributed by atoms with Gasteiger partial charge in [0.05, 0.1) is 23.3 Å². The van der Waals surface area contributed by atoms with E-state index >= 15 is 0 Å². The van der Waals surface area contributed by atoms with Crippen molar-refractivity contribution >= 4 is 17.1 Å². The number of aromatic nitrogens is 4. The van der Waals surface area contributed by atoms with Crippen molar-refractivity contribution in [3.8, 4) is 0 Å². The van der Waals surface area contributed by atoms with Crippen LogP contribution in [0.1, 0.15) is 45.3 Å². The minimum Gasteiger partial charge on any atom is -0.444 e. The van der Waals surface area contributed by atoms with E-state index in [1.165, 1.54) is 0 Å². The van der Waals surface area contributed by atoms with Crippen LogP contribution in [-0.4, -0.2) is 49.4 Å². The molecule has 0 bridgehead atoms. The molecule has 0 atom stereocenters. The summed E-state index contributed by atoms with van der Waals surface area (Å²) < 4.78 is 7.40. The van der Waals surface area contributed by atoms with Crippen LogP contribution in [0, 0.1) is 6.92 Å². The maximum Gasteiger partial charge on any atom is 0.410 e. The van der Waals surface area contributed by atoms with E-state index in [2.05, 4.69) is 15.1 Å². The highest BCUT2D eigenvalue weighted by Gasteiger charge is 2.28. The number of ether oxygens (including phenoxy) is 1. The molecule has 2 aromatic heterocycles. The van der Waals surface area contributed by atoms with E-state index in [1.54, 1.807) is 11.2 Å². The Morgan fingerprint density at radius 2 is 1.96 bits per heavy atom. The Labute approximate surface area is 135 Å². The Balaban J connectivity index is 1.69. The minimum atomic E-state index is -0.458. The van der Waals surface area contributed by atoms with Gasteiger partial charge >= 0.3 is 6.09 Å². The average molecular weight is 317 g/mol. The molecule has 0 aromatic carbocycles. The SMILES string of the molecule is Cc1ncnc2c1cnn2C1CCN(C(=O)OC(C)(C)C)CC1. The van der Waals surface area contributed by atoms with Gasteiger partial charge in [0.2, 0.25) is 0 Å². The van der Waals surface area contributed by atoms with Gasteiger partial charge < -0.3 is 9.64 Å². The number of carbonyl (C=O) groups excluding carboxylic acids is 1. The van der Waals surface area contributed by atoms with E-state index < -0.39 is 5.60 Å². The zero-order valence-electron chi connectivity index (χ0n) is 14.1. The molecule has 1 saturated heterocycles. The predicted octanol–water partition coefficient (Wildman–Crippen LogP) is 2.71. The fourth-order valence-corrected chi connectivity index (χ4v) is 2.87. The second kappa shape index (κ2) is 5.79. The van der Waals surface area contributed by atoms with Crippen LogP contribution >= 0.6 is 0 Å². The van der Waals surface area contributed by atoms with Crippen LogP contribution in [0.2, 0.25) is 0 Å². The van der Waals surface area contributed by atoms with Gasteiger partial charge in [-0.2, -0.15) is 5.10 Å². The third kappa shape index (κ3) is 3.28. The van der Waals surface area contributed by atoms with Gasteiger partial charge in [-0.3, -0.25) is 0 Å². The Morgan fingerprint density at radius 3 is 2.61 bits per heavy atom. The first-order valence-corrected chi connectivity index (χ1v) is 7.98. The van der Waals surface area contributed by atoms with Gasteiger partial charge in [0, 0.05) is 13.1 Å². The van der Waals surface area contributed by atoms with Crippen LogP contribution < -0.4 is 0 Å². The van der Waals surface area contributed by atoms with Gasteiger partial charge in [-0.05, 0) is 40.5 Å². The zero-order chi connectivity index (χ0) is 16.6. The van der Waals surface area contributed by atoms with Gasteiger partial charge in [-0.25, -0.2) is 19.4 Å². The lowest BCUT2D eigenvalue weighted by Gasteiger charge is -2.33. The Bertz CT molecular complexity index is 711. The molecule has 124 valence electrons. The van der Waals surface area contributed by atoms with Gasteiger partial charge in [0.15, 0.2) is 5.65 Å². The number of fused-ring (bicyclic) bond motifs is 1. The van der Waals surface area contributed by atoms with Crippen molar-refractivity contribution in [1.29, 1.82) is 0 Å². The van der Waals surface area contributed by atoms with Crippen LogP contribution in [-0.2, 0) is 4.74 Å². The highest BCUT2D eigenvalue weighted by molar-refractivity contribution is 5.76. The molecule has 0 aliphatic carbocycles. The first kappa shape index (κ1) is 15.7. The summed E-state index contributed by atoms with van der Waals surface area (Å²) in [6.45, 7) is 8.96. The standard InChI is InChI=1S/C16H23N5O2/c1-11-13-9-19-21(14(13)18-10-17-11)12-5-7-20(8-6-12)15(22)23-16(2,3)4/h9-10,12H,5-8H2,1-4H3. The first-order valence-electron chi connectivity index (χ1n) is 7.98. The molecule has 23 heavy (non-hydrogen) atoms. The number of rotatable bonds is 1. The summed E-state index contributed by atoms with van der Waals surface area (Å²) in [5.41, 5.74) is 1.35. The van der Waals surface area contributed by atoms with Crippen molar-refractivity contribution in [2.45, 2.75) is 52.2 Å². The van der Waals surface area contributed by atoms with Crippen LogP contribution in [0.25, 0.3) is 11.0 Å². The zero-order valence-corrected chi connectivity index (χ0v) is 14.1. The first-order chi connectivity index (χ1) is 10.8. The van der Waals surface area contributed by atoms with Crippen molar-refractivity contribution in [1.82, 2.24) is 24.6 Å². The van der Waals surface area contributed by atoms with E-state index in [4.69, 9.17) is 4.74 Å². The maximum atomic E-state index is 12.1. The Morgan fingerprint density at radius 1 is 1.26 bits per heavy atom. The summed E-state index contributed by atoms with van der Waals surface area (Å²) in [6, 6.07) is 0.250. The van der Waals surface area contributed by atoms with Crippen molar-refractivity contribution in [3.05, 3.63) is 18.2 Å². The minimum absolute atomic E-state index is 0.237. The number of likely N-dealkylation sites (tertiary alicyclic amines) is 1.